The summed E-state index contributed by atoms with van der Waals surface area (Å²) in [5.41, 5.74) is 0. The molecule has 102 heavy (non-hydrogen) atoms. The molecule has 0 aromatic carbocycles. The van der Waals surface area contributed by atoms with Crippen molar-refractivity contribution in [1.82, 2.24) is 5.32 Å². The average molecular weight is 1450 g/mol. The Kier molecular flexibility index (Phi) is 58.3. The van der Waals surface area contributed by atoms with Crippen LogP contribution in [0.5, 0.6) is 0 Å². The Morgan fingerprint density at radius 1 is 0.353 bits per heavy atom. The van der Waals surface area contributed by atoms with Crippen LogP contribution in [0.4, 0.5) is 0 Å². The highest BCUT2D eigenvalue weighted by Gasteiger charge is 2.54. The van der Waals surface area contributed by atoms with Crippen LogP contribution in [0.2, 0.25) is 0 Å². The van der Waals surface area contributed by atoms with Gasteiger partial charge in [-0.3, -0.25) is 4.79 Å². The van der Waals surface area contributed by atoms with Crippen LogP contribution in [0.15, 0.2) is 60.8 Å². The Hall–Kier alpha value is -2.51. The maximum Gasteiger partial charge on any atom is 0.220 e. The molecule has 3 saturated heterocycles. The average Bonchev–Trinajstić information content (AvgIpc) is 0.781. The third-order valence-corrected chi connectivity index (χ3v) is 20.5. The SMILES string of the molecule is CCCCCCC/C=C\C/C=C\CCCCCCCCCCCCCCCCCCCCCCCC(=O)NC(COC1OC(CO)C(OC2OC(CO)C(OC3OC(CO)C(O)C(O)C3O)C(O)C2O)C(O)C1O)C(O)/C=C/CC/C=C/CC/C=C/CCCCCCCCCCCCCCCC. The lowest BCUT2D eigenvalue weighted by Crippen LogP contribution is -2.66. The molecule has 0 aromatic heterocycles. The van der Waals surface area contributed by atoms with Gasteiger partial charge in [-0.1, -0.05) is 306 Å². The fourth-order valence-electron chi connectivity index (χ4n) is 13.8. The summed E-state index contributed by atoms with van der Waals surface area (Å²) in [6.45, 7) is 1.74. The Balaban J connectivity index is 1.37. The molecule has 0 radical (unpaired) electrons. The van der Waals surface area contributed by atoms with E-state index < -0.39 is 124 Å². The summed E-state index contributed by atoms with van der Waals surface area (Å²) in [4.78, 5) is 13.5. The first kappa shape index (κ1) is 93.7. The van der Waals surface area contributed by atoms with Crippen molar-refractivity contribution < 1.29 is 89.4 Å². The topological polar surface area (TPSA) is 307 Å². The number of nitrogens with one attached hydrogen (secondary N) is 1. The van der Waals surface area contributed by atoms with Crippen molar-refractivity contribution in [2.45, 2.75) is 433 Å². The van der Waals surface area contributed by atoms with Gasteiger partial charge in [-0.05, 0) is 77.0 Å². The van der Waals surface area contributed by atoms with E-state index in [1.807, 2.05) is 6.08 Å². The normalized spacial score (nSPS) is 26.5. The van der Waals surface area contributed by atoms with E-state index in [0.29, 0.717) is 12.8 Å². The predicted octanol–water partition coefficient (Wildman–Crippen LogP) is 14.2. The van der Waals surface area contributed by atoms with Crippen molar-refractivity contribution in [2.24, 2.45) is 0 Å². The zero-order chi connectivity index (χ0) is 73.9. The highest BCUT2D eigenvalue weighted by molar-refractivity contribution is 5.76. The van der Waals surface area contributed by atoms with E-state index in [9.17, 15) is 61.0 Å². The van der Waals surface area contributed by atoms with Gasteiger partial charge in [-0.15, -0.1) is 0 Å². The largest absolute Gasteiger partial charge is 0.394 e. The number of hydrogen-bond donors (Lipinski definition) is 12. The van der Waals surface area contributed by atoms with E-state index in [-0.39, 0.29) is 18.9 Å². The van der Waals surface area contributed by atoms with Crippen LogP contribution < -0.4 is 5.32 Å². The van der Waals surface area contributed by atoms with Crippen molar-refractivity contribution in [1.29, 1.82) is 0 Å². The van der Waals surface area contributed by atoms with Gasteiger partial charge in [-0.2, -0.15) is 0 Å². The zero-order valence-corrected chi connectivity index (χ0v) is 63.8. The van der Waals surface area contributed by atoms with Crippen molar-refractivity contribution >= 4 is 5.91 Å². The number of unbranched alkanes of at least 4 members (excludes halogenated alkanes) is 42. The lowest BCUT2D eigenvalue weighted by atomic mass is 9.96. The van der Waals surface area contributed by atoms with Crippen molar-refractivity contribution in [2.75, 3.05) is 26.4 Å². The monoisotopic (exact) mass is 1450 g/mol. The summed E-state index contributed by atoms with van der Waals surface area (Å²) in [5.74, 6) is -0.285. The van der Waals surface area contributed by atoms with Gasteiger partial charge in [-0.25, -0.2) is 0 Å². The van der Waals surface area contributed by atoms with Gasteiger partial charge in [0.25, 0.3) is 0 Å². The molecule has 19 nitrogen and oxygen atoms in total. The molecule has 3 rings (SSSR count). The van der Waals surface area contributed by atoms with Gasteiger partial charge >= 0.3 is 0 Å². The fraction of sp³-hybridized carbons (Fsp3) is 0.867. The molecule has 19 heteroatoms. The van der Waals surface area contributed by atoms with Crippen LogP contribution in [0.3, 0.4) is 0 Å². The molecule has 0 spiro atoms. The molecule has 3 aliphatic heterocycles. The molecule has 0 bridgehead atoms. The smallest absolute Gasteiger partial charge is 0.220 e. The number of aliphatic hydroxyl groups excluding tert-OH is 11. The maximum atomic E-state index is 13.5. The van der Waals surface area contributed by atoms with E-state index in [1.54, 1.807) is 6.08 Å². The summed E-state index contributed by atoms with van der Waals surface area (Å²) >= 11 is 0. The quantitative estimate of drug-likeness (QED) is 0.0199. The minimum Gasteiger partial charge on any atom is -0.394 e. The fourth-order valence-corrected chi connectivity index (χ4v) is 13.8. The number of amides is 1. The Morgan fingerprint density at radius 3 is 1.04 bits per heavy atom. The van der Waals surface area contributed by atoms with Gasteiger partial charge in [0.05, 0.1) is 38.6 Å². The van der Waals surface area contributed by atoms with Crippen molar-refractivity contribution in [3.05, 3.63) is 60.8 Å². The van der Waals surface area contributed by atoms with Gasteiger partial charge in [0, 0.05) is 6.42 Å². The first-order valence-corrected chi connectivity index (χ1v) is 41.5. The number of hydrogen-bond acceptors (Lipinski definition) is 18. The third kappa shape index (κ3) is 42.9. The van der Waals surface area contributed by atoms with E-state index in [2.05, 4.69) is 67.8 Å². The molecule has 1 amide bonds. The Morgan fingerprint density at radius 2 is 0.657 bits per heavy atom. The summed E-state index contributed by atoms with van der Waals surface area (Å²) in [6, 6.07) is -0.999. The van der Waals surface area contributed by atoms with Crippen LogP contribution in [0, 0.1) is 0 Å². The van der Waals surface area contributed by atoms with E-state index >= 15 is 0 Å². The van der Waals surface area contributed by atoms with E-state index in [4.69, 9.17) is 28.4 Å². The number of ether oxygens (including phenoxy) is 6. The number of aliphatic hydroxyl groups is 11. The molecule has 17 atom stereocenters. The molecule has 0 aromatic rings. The van der Waals surface area contributed by atoms with Crippen LogP contribution in [-0.4, -0.2) is 193 Å². The molecule has 3 fully saturated rings. The third-order valence-electron chi connectivity index (χ3n) is 20.5. The van der Waals surface area contributed by atoms with Crippen LogP contribution in [0.1, 0.15) is 328 Å². The molecular weight excluding hydrogens is 1300 g/mol. The number of carbonyl (C=O) groups excluding carboxylic acids is 1. The van der Waals surface area contributed by atoms with Crippen molar-refractivity contribution in [3.8, 4) is 0 Å². The second-order valence-corrected chi connectivity index (χ2v) is 29.6. The highest BCUT2D eigenvalue weighted by atomic mass is 16.8. The lowest BCUT2D eigenvalue weighted by Gasteiger charge is -2.48. The van der Waals surface area contributed by atoms with Gasteiger partial charge in [0.2, 0.25) is 5.91 Å². The van der Waals surface area contributed by atoms with Gasteiger partial charge < -0.3 is 89.9 Å². The Bertz CT molecular complexity index is 2080. The van der Waals surface area contributed by atoms with Gasteiger partial charge in [0.15, 0.2) is 18.9 Å². The summed E-state index contributed by atoms with van der Waals surface area (Å²) in [6.07, 6.45) is 55.0. The summed E-state index contributed by atoms with van der Waals surface area (Å²) in [5, 5.41) is 121. The van der Waals surface area contributed by atoms with Crippen molar-refractivity contribution in [3.63, 3.8) is 0 Å². The minimum absolute atomic E-state index is 0.234. The first-order chi connectivity index (χ1) is 49.8. The summed E-state index contributed by atoms with van der Waals surface area (Å²) < 4.78 is 34.4. The molecule has 3 aliphatic rings. The van der Waals surface area contributed by atoms with Gasteiger partial charge in [0.1, 0.15) is 73.2 Å². The molecule has 0 aliphatic carbocycles. The number of rotatable bonds is 66. The molecule has 12 N–H and O–H groups in total. The zero-order valence-electron chi connectivity index (χ0n) is 63.8. The molecule has 0 saturated carbocycles. The molecule has 17 unspecified atom stereocenters. The highest BCUT2D eigenvalue weighted by Crippen LogP contribution is 2.33. The second-order valence-electron chi connectivity index (χ2n) is 29.6. The van der Waals surface area contributed by atoms with E-state index in [0.717, 1.165) is 51.4 Å². The van der Waals surface area contributed by atoms with Crippen LogP contribution >= 0.6 is 0 Å². The summed E-state index contributed by atoms with van der Waals surface area (Å²) in [7, 11) is 0. The number of carbonyl (C=O) groups is 1. The Labute approximate surface area is 617 Å². The molecule has 596 valence electrons. The molecular formula is C83H151NO18. The lowest BCUT2D eigenvalue weighted by molar-refractivity contribution is -0.379. The van der Waals surface area contributed by atoms with Crippen LogP contribution in [-0.2, 0) is 33.2 Å². The predicted molar refractivity (Wildman–Crippen MR) is 406 cm³/mol. The second kappa shape index (κ2) is 63.4. The van der Waals surface area contributed by atoms with E-state index in [1.165, 1.54) is 244 Å². The molecule has 3 heterocycles. The first-order valence-electron chi connectivity index (χ1n) is 41.5. The standard InChI is InChI=1S/C83H151NO18/c1-3-5-7-9-11-13-15-17-19-21-23-25-27-29-30-31-32-33-34-35-36-37-39-41-43-45-47-49-51-53-55-57-59-61-71(89)84-66(67(88)60-58-56-54-52-50-48-46-44-42-40-38-28-26-24-22-20-18-16-14-12-10-8-6-4-2)65-97-81-77(95)74(92)79(69(63-86)99-81)102-83-78(96)75(93)80(70(64-87)100-83)101-82-76(94)73(91)72(90)68(62-85)98-82/h15,17,21,23,42,44,50,52,58,60,66-70,72-83,85-88,90-96H,3-14,16,18-20,22,24-41,43,45-49,51,53-57,59,61-65H2,1-2H3,(H,84,89)/b17-15-,23-21-,44-42+,52-50+,60-58+. The van der Waals surface area contributed by atoms with Crippen LogP contribution in [0.25, 0.3) is 0 Å². The minimum atomic E-state index is -1.98. The number of allylic oxidation sites excluding steroid dienone is 9. The maximum absolute atomic E-state index is 13.5.